The van der Waals surface area contributed by atoms with Crippen molar-refractivity contribution >= 4 is 8.32 Å². The average Bonchev–Trinajstić information content (AvgIpc) is 3.28. The maximum absolute atomic E-state index is 6.66. The normalized spacial score (nSPS) is 19.9. The molecule has 1 aliphatic rings. The highest BCUT2D eigenvalue weighted by Crippen LogP contribution is 2.41. The molecule has 3 rings (SSSR count). The first kappa shape index (κ1) is 19.3. The van der Waals surface area contributed by atoms with Crippen molar-refractivity contribution in [1.82, 2.24) is 0 Å². The van der Waals surface area contributed by atoms with Gasteiger partial charge in [0.05, 0.1) is 0 Å². The van der Waals surface area contributed by atoms with E-state index in [9.17, 15) is 0 Å². The maximum atomic E-state index is 6.66. The van der Waals surface area contributed by atoms with Gasteiger partial charge in [0.25, 0.3) is 0 Å². The van der Waals surface area contributed by atoms with Gasteiger partial charge >= 0.3 is 0 Å². The molecule has 1 fully saturated rings. The molecule has 0 radical (unpaired) electrons. The molecule has 0 aliphatic carbocycles. The molecule has 26 heavy (non-hydrogen) atoms. The molecule has 0 aromatic heterocycles. The van der Waals surface area contributed by atoms with Crippen LogP contribution >= 0.6 is 0 Å². The predicted molar refractivity (Wildman–Crippen MR) is 112 cm³/mol. The van der Waals surface area contributed by atoms with Crippen LogP contribution in [0.2, 0.25) is 19.6 Å². The Labute approximate surface area is 160 Å². The lowest BCUT2D eigenvalue weighted by Gasteiger charge is -2.29. The molecule has 1 saturated heterocycles. The summed E-state index contributed by atoms with van der Waals surface area (Å²) in [6.07, 6.45) is 2.78. The third-order valence-electron chi connectivity index (χ3n) is 5.31. The number of quaternary nitrogens is 1. The second kappa shape index (κ2) is 8.08. The van der Waals surface area contributed by atoms with Crippen LogP contribution in [-0.4, -0.2) is 31.5 Å². The first-order chi connectivity index (χ1) is 12.4. The topological polar surface area (TPSA) is 9.23 Å². The summed E-state index contributed by atoms with van der Waals surface area (Å²) in [6.45, 7) is 12.7. The lowest BCUT2D eigenvalue weighted by Crippen LogP contribution is -2.40. The fourth-order valence-electron chi connectivity index (χ4n) is 4.18. The van der Waals surface area contributed by atoms with E-state index < -0.39 is 8.32 Å². The third-order valence-corrected chi connectivity index (χ3v) is 6.32. The molecule has 2 nitrogen and oxygen atoms in total. The first-order valence-corrected chi connectivity index (χ1v) is 13.4. The summed E-state index contributed by atoms with van der Waals surface area (Å²) in [5, 5.41) is 0. The van der Waals surface area contributed by atoms with Gasteiger partial charge in [-0.05, 0) is 26.1 Å². The van der Waals surface area contributed by atoms with Crippen LogP contribution in [0, 0.1) is 0 Å². The van der Waals surface area contributed by atoms with E-state index in [1.54, 1.807) is 0 Å². The Balaban J connectivity index is 1.82. The van der Waals surface area contributed by atoms with Crippen molar-refractivity contribution in [2.24, 2.45) is 0 Å². The highest BCUT2D eigenvalue weighted by Gasteiger charge is 2.59. The fourth-order valence-corrected chi connectivity index (χ4v) is 5.36. The van der Waals surface area contributed by atoms with Crippen LogP contribution in [0.3, 0.4) is 0 Å². The average molecular weight is 369 g/mol. The van der Waals surface area contributed by atoms with E-state index in [1.165, 1.54) is 30.5 Å². The Kier molecular flexibility index (Phi) is 6.01. The molecule has 3 heteroatoms. The van der Waals surface area contributed by atoms with Crippen LogP contribution < -0.4 is 0 Å². The van der Waals surface area contributed by atoms with Gasteiger partial charge in [-0.25, -0.2) is 0 Å². The molecule has 0 amide bonds. The quantitative estimate of drug-likeness (QED) is 0.318. The van der Waals surface area contributed by atoms with E-state index >= 15 is 0 Å². The van der Waals surface area contributed by atoms with E-state index in [4.69, 9.17) is 4.43 Å². The zero-order valence-corrected chi connectivity index (χ0v) is 17.8. The van der Waals surface area contributed by atoms with Crippen molar-refractivity contribution < 1.29 is 8.91 Å². The summed E-state index contributed by atoms with van der Waals surface area (Å²) in [4.78, 5) is 0. The lowest BCUT2D eigenvalue weighted by molar-refractivity contribution is -0.844. The Morgan fingerprint density at radius 2 is 1.42 bits per heavy atom. The number of hydrogen-bond donors (Lipinski definition) is 0. The van der Waals surface area contributed by atoms with E-state index in [2.05, 4.69) is 87.2 Å². The molecule has 2 aromatic rings. The highest BCUT2D eigenvalue weighted by molar-refractivity contribution is 6.69. The molecule has 0 unspecified atom stereocenters. The van der Waals surface area contributed by atoms with Gasteiger partial charge in [-0.1, -0.05) is 74.0 Å². The third kappa shape index (κ3) is 5.06. The Morgan fingerprint density at radius 3 is 1.85 bits per heavy atom. The molecule has 1 heterocycles. The van der Waals surface area contributed by atoms with Gasteiger partial charge in [0.15, 0.2) is 14.4 Å². The second-order valence-corrected chi connectivity index (χ2v) is 13.3. The summed E-state index contributed by atoms with van der Waals surface area (Å²) in [7, 11) is -1.54. The van der Waals surface area contributed by atoms with E-state index in [0.29, 0.717) is 12.1 Å². The number of nitrogens with zero attached hydrogens (tertiary/aromatic N) is 1. The van der Waals surface area contributed by atoms with Crippen molar-refractivity contribution in [3.8, 4) is 0 Å². The number of benzene rings is 2. The van der Waals surface area contributed by atoms with Gasteiger partial charge < -0.3 is 8.91 Å². The summed E-state index contributed by atoms with van der Waals surface area (Å²) < 4.78 is 7.80. The molecule has 2 aromatic carbocycles. The van der Waals surface area contributed by atoms with Gasteiger partial charge in [0, 0.05) is 11.1 Å². The Bertz CT molecular complexity index is 639. The summed E-state index contributed by atoms with van der Waals surface area (Å²) in [5.41, 5.74) is 2.88. The fraction of sp³-hybridized carbons (Fsp3) is 0.478. The van der Waals surface area contributed by atoms with Crippen LogP contribution in [0.25, 0.3) is 0 Å². The van der Waals surface area contributed by atoms with Crippen LogP contribution in [0.4, 0.5) is 0 Å². The second-order valence-electron chi connectivity index (χ2n) is 8.81. The van der Waals surface area contributed by atoms with E-state index in [1.807, 2.05) is 0 Å². The minimum absolute atomic E-state index is 0.402. The number of rotatable bonds is 9. The molecule has 2 atom stereocenters. The summed E-state index contributed by atoms with van der Waals surface area (Å²) >= 11 is 0. The number of hydrogen-bond acceptors (Lipinski definition) is 1. The molecule has 1 aliphatic heterocycles. The van der Waals surface area contributed by atoms with Crippen molar-refractivity contribution in [2.45, 2.75) is 64.6 Å². The van der Waals surface area contributed by atoms with E-state index in [-0.39, 0.29) is 0 Å². The van der Waals surface area contributed by atoms with Crippen molar-refractivity contribution in [3.63, 3.8) is 0 Å². The molecule has 0 bridgehead atoms. The van der Waals surface area contributed by atoms with Crippen molar-refractivity contribution in [1.29, 1.82) is 0 Å². The molecule has 0 saturated carbocycles. The van der Waals surface area contributed by atoms with Gasteiger partial charge in [0.2, 0.25) is 0 Å². The highest BCUT2D eigenvalue weighted by atomic mass is 28.4. The van der Waals surface area contributed by atoms with Crippen LogP contribution in [0.1, 0.15) is 30.9 Å². The molecule has 140 valence electrons. The van der Waals surface area contributed by atoms with Gasteiger partial charge in [0.1, 0.15) is 25.7 Å². The zero-order valence-electron chi connectivity index (χ0n) is 16.8. The smallest absolute Gasteiger partial charge is 0.184 e. The van der Waals surface area contributed by atoms with Crippen LogP contribution in [0.15, 0.2) is 60.7 Å². The van der Waals surface area contributed by atoms with E-state index in [0.717, 1.165) is 17.6 Å². The van der Waals surface area contributed by atoms with Gasteiger partial charge in [-0.3, -0.25) is 0 Å². The molecular weight excluding hydrogens is 334 g/mol. The monoisotopic (exact) mass is 368 g/mol. The van der Waals surface area contributed by atoms with Crippen LogP contribution in [0.5, 0.6) is 0 Å². The predicted octanol–water partition coefficient (Wildman–Crippen LogP) is 5.61. The molecule has 0 N–H and O–H groups in total. The first-order valence-electron chi connectivity index (χ1n) is 10.0. The standard InChI is InChI=1S/C23H34NOSi/c1-5-12-23(25-26(2,3)4)22-19-24(22,17-20-13-8-6-9-14-20)18-21-15-10-7-11-16-21/h6-11,13-16,22-23H,5,12,17-19H2,1-4H3/q+1/t22-,23-/m0/s1. The van der Waals surface area contributed by atoms with Crippen LogP contribution in [-0.2, 0) is 17.5 Å². The van der Waals surface area contributed by atoms with Gasteiger partial charge in [-0.2, -0.15) is 0 Å². The maximum Gasteiger partial charge on any atom is 0.184 e. The lowest BCUT2D eigenvalue weighted by atomic mass is 10.1. The SMILES string of the molecule is CCC[C@H](O[Si](C)(C)C)[C@@H]1C[N+]1(Cc1ccccc1)Cc1ccccc1. The Hall–Kier alpha value is -1.42. The molecular formula is C23H34NOSi+. The minimum Gasteiger partial charge on any atom is -0.408 e. The zero-order chi connectivity index (χ0) is 18.6. The summed E-state index contributed by atoms with van der Waals surface area (Å²) in [5.74, 6) is 0. The van der Waals surface area contributed by atoms with Crippen molar-refractivity contribution in [2.75, 3.05) is 6.54 Å². The van der Waals surface area contributed by atoms with Crippen molar-refractivity contribution in [3.05, 3.63) is 71.8 Å². The Morgan fingerprint density at radius 1 is 0.923 bits per heavy atom. The largest absolute Gasteiger partial charge is 0.408 e. The van der Waals surface area contributed by atoms with Gasteiger partial charge in [-0.15, -0.1) is 0 Å². The summed E-state index contributed by atoms with van der Waals surface area (Å²) in [6, 6.07) is 22.6. The molecule has 0 spiro atoms. The minimum atomic E-state index is -1.54.